The maximum atomic E-state index is 14.1. The lowest BCUT2D eigenvalue weighted by molar-refractivity contribution is -0.139. The zero-order valence-corrected chi connectivity index (χ0v) is 28.1. The van der Waals surface area contributed by atoms with Gasteiger partial charge in [0.05, 0.1) is 18.2 Å². The van der Waals surface area contributed by atoms with Crippen molar-refractivity contribution in [3.8, 4) is 0 Å². The van der Waals surface area contributed by atoms with Crippen LogP contribution in [-0.2, 0) is 14.3 Å². The Hall–Kier alpha value is -4.40. The second-order valence-corrected chi connectivity index (χ2v) is 13.1. The van der Waals surface area contributed by atoms with Gasteiger partial charge in [-0.05, 0) is 54.8 Å². The third-order valence-corrected chi connectivity index (χ3v) is 9.77. The summed E-state index contributed by atoms with van der Waals surface area (Å²) in [6, 6.07) is 10.7. The predicted molar refractivity (Wildman–Crippen MR) is 180 cm³/mol. The monoisotopic (exact) mass is 722 g/mol. The number of halogens is 2. The SMILES string of the molecule is CCOC(=O)C1=C(CN2CCN3C(=O)N(c4ccc(/C(C)=C/C(=O)O)cc4)CC3C2)NC(c2nccs2)=NC1c1ccc(F)cc1Br. The van der Waals surface area contributed by atoms with E-state index >= 15 is 0 Å². The predicted octanol–water partition coefficient (Wildman–Crippen LogP) is 5.07. The Morgan fingerprint density at radius 2 is 1.98 bits per heavy atom. The molecule has 2 amide bonds. The number of carbonyl (C=O) groups excluding carboxylic acids is 2. The van der Waals surface area contributed by atoms with E-state index in [2.05, 4.69) is 31.1 Å². The summed E-state index contributed by atoms with van der Waals surface area (Å²) in [4.78, 5) is 53.2. The van der Waals surface area contributed by atoms with Crippen molar-refractivity contribution in [2.24, 2.45) is 4.99 Å². The number of aliphatic imine (C=N–C) groups is 1. The first-order chi connectivity index (χ1) is 22.6. The van der Waals surface area contributed by atoms with Crippen molar-refractivity contribution in [2.75, 3.05) is 44.2 Å². The van der Waals surface area contributed by atoms with Crippen molar-refractivity contribution in [2.45, 2.75) is 25.9 Å². The number of aliphatic carboxylic acids is 1. The Morgan fingerprint density at radius 3 is 2.66 bits per heavy atom. The number of nitrogens with one attached hydrogen (secondary N) is 1. The van der Waals surface area contributed by atoms with Gasteiger partial charge >= 0.3 is 18.0 Å². The van der Waals surface area contributed by atoms with Gasteiger partial charge in [0.25, 0.3) is 0 Å². The number of fused-ring (bicyclic) bond motifs is 1. The van der Waals surface area contributed by atoms with Crippen LogP contribution in [0.4, 0.5) is 14.9 Å². The molecule has 47 heavy (non-hydrogen) atoms. The van der Waals surface area contributed by atoms with Gasteiger partial charge in [0.15, 0.2) is 10.8 Å². The third-order valence-electron chi connectivity index (χ3n) is 8.31. The molecule has 0 spiro atoms. The first-order valence-corrected chi connectivity index (χ1v) is 16.7. The van der Waals surface area contributed by atoms with E-state index in [4.69, 9.17) is 14.8 Å². The number of esters is 1. The number of carboxylic acids is 1. The average molecular weight is 724 g/mol. The highest BCUT2D eigenvalue weighted by molar-refractivity contribution is 9.10. The summed E-state index contributed by atoms with van der Waals surface area (Å²) in [5, 5.41) is 14.9. The summed E-state index contributed by atoms with van der Waals surface area (Å²) in [5.74, 6) is -1.44. The van der Waals surface area contributed by atoms with Crippen LogP contribution >= 0.6 is 27.3 Å². The highest BCUT2D eigenvalue weighted by Crippen LogP contribution is 2.37. The molecule has 2 saturated heterocycles. The Morgan fingerprint density at radius 1 is 1.19 bits per heavy atom. The highest BCUT2D eigenvalue weighted by atomic mass is 79.9. The number of ether oxygens (including phenoxy) is 1. The van der Waals surface area contributed by atoms with Crippen molar-refractivity contribution in [1.29, 1.82) is 0 Å². The average Bonchev–Trinajstić information content (AvgIpc) is 3.69. The first-order valence-electron chi connectivity index (χ1n) is 15.0. The molecule has 0 saturated carbocycles. The number of benzene rings is 2. The molecule has 14 heteroatoms. The zero-order valence-electron chi connectivity index (χ0n) is 25.7. The molecule has 2 unspecified atom stereocenters. The standard InChI is InChI=1S/C33H32BrFN6O5S/c1-3-46-32(44)28-26(37-30(31-36-10-13-47-31)38-29(28)24-9-6-21(35)15-25(24)34)18-39-11-12-40-23(16-39)17-41(33(40)45)22-7-4-20(5-8-22)19(2)14-27(42)43/h4-10,13-15,23,29H,3,11-12,16-18H2,1-2H3,(H,37,38)(H,42,43)/b19-14+. The maximum Gasteiger partial charge on any atom is 0.338 e. The second kappa shape index (κ2) is 13.8. The molecule has 0 aliphatic carbocycles. The van der Waals surface area contributed by atoms with E-state index in [1.54, 1.807) is 31.0 Å². The molecule has 11 nitrogen and oxygen atoms in total. The number of hydrogen-bond acceptors (Lipinski definition) is 9. The largest absolute Gasteiger partial charge is 0.478 e. The molecule has 2 N–H and O–H groups in total. The molecule has 2 aromatic carbocycles. The molecule has 244 valence electrons. The minimum atomic E-state index is -1.01. The molecule has 4 heterocycles. The minimum Gasteiger partial charge on any atom is -0.478 e. The number of amides is 2. The molecule has 2 fully saturated rings. The number of thiazole rings is 1. The van der Waals surface area contributed by atoms with Gasteiger partial charge in [-0.25, -0.2) is 23.8 Å². The van der Waals surface area contributed by atoms with E-state index < -0.39 is 23.8 Å². The van der Waals surface area contributed by atoms with E-state index in [0.29, 0.717) is 70.4 Å². The normalized spacial score (nSPS) is 20.2. The van der Waals surface area contributed by atoms with Crippen LogP contribution in [0.5, 0.6) is 0 Å². The third kappa shape index (κ3) is 6.85. The van der Waals surface area contributed by atoms with E-state index in [0.717, 1.165) is 17.3 Å². The lowest BCUT2D eigenvalue weighted by Gasteiger charge is -2.38. The Labute approximate surface area is 283 Å². The number of rotatable bonds is 9. The van der Waals surface area contributed by atoms with E-state index in [1.165, 1.54) is 23.5 Å². The Balaban J connectivity index is 1.26. The molecule has 0 bridgehead atoms. The van der Waals surface area contributed by atoms with Gasteiger partial charge in [-0.2, -0.15) is 0 Å². The fraction of sp³-hybridized carbons (Fsp3) is 0.303. The van der Waals surface area contributed by atoms with Crippen molar-refractivity contribution < 1.29 is 28.6 Å². The van der Waals surface area contributed by atoms with Gasteiger partial charge in [0, 0.05) is 66.2 Å². The van der Waals surface area contributed by atoms with Crippen LogP contribution in [0.2, 0.25) is 0 Å². The summed E-state index contributed by atoms with van der Waals surface area (Å²) < 4.78 is 20.1. The van der Waals surface area contributed by atoms with Crippen LogP contribution in [0.15, 0.2) is 80.9 Å². The molecule has 2 atom stereocenters. The molecule has 0 radical (unpaired) electrons. The van der Waals surface area contributed by atoms with Crippen LogP contribution < -0.4 is 10.2 Å². The molecule has 3 aliphatic heterocycles. The Kier molecular flexibility index (Phi) is 9.52. The lowest BCUT2D eigenvalue weighted by atomic mass is 9.95. The number of piperazine rings is 1. The van der Waals surface area contributed by atoms with Crippen molar-refractivity contribution in [3.63, 3.8) is 0 Å². The quantitative estimate of drug-likeness (QED) is 0.232. The number of urea groups is 1. The summed E-state index contributed by atoms with van der Waals surface area (Å²) in [5.41, 5.74) is 3.68. The summed E-state index contributed by atoms with van der Waals surface area (Å²) in [6.07, 6.45) is 2.84. The van der Waals surface area contributed by atoms with Gasteiger partial charge in [-0.15, -0.1) is 11.3 Å². The maximum absolute atomic E-state index is 14.1. The number of aromatic nitrogens is 1. The van der Waals surface area contributed by atoms with Gasteiger partial charge < -0.3 is 20.1 Å². The van der Waals surface area contributed by atoms with Crippen LogP contribution in [-0.4, -0.2) is 89.1 Å². The van der Waals surface area contributed by atoms with Crippen LogP contribution in [0.3, 0.4) is 0 Å². The number of nitrogens with zero attached hydrogens (tertiary/aromatic N) is 5. The van der Waals surface area contributed by atoms with Crippen molar-refractivity contribution in [1.82, 2.24) is 20.1 Å². The smallest absolute Gasteiger partial charge is 0.338 e. The van der Waals surface area contributed by atoms with E-state index in [-0.39, 0.29) is 18.7 Å². The van der Waals surface area contributed by atoms with Crippen LogP contribution in [0, 0.1) is 5.82 Å². The highest BCUT2D eigenvalue weighted by Gasteiger charge is 2.42. The number of anilines is 1. The fourth-order valence-corrected chi connectivity index (χ4v) is 7.25. The molecule has 6 rings (SSSR count). The molecular weight excluding hydrogens is 691 g/mol. The summed E-state index contributed by atoms with van der Waals surface area (Å²) in [7, 11) is 0. The van der Waals surface area contributed by atoms with Gasteiger partial charge in [0.2, 0.25) is 0 Å². The van der Waals surface area contributed by atoms with Crippen molar-refractivity contribution in [3.05, 3.63) is 97.8 Å². The number of amidine groups is 1. The van der Waals surface area contributed by atoms with Crippen LogP contribution in [0.25, 0.3) is 5.57 Å². The topological polar surface area (TPSA) is 128 Å². The number of hydrogen-bond donors (Lipinski definition) is 2. The fourth-order valence-electron chi connectivity index (χ4n) is 6.09. The van der Waals surface area contributed by atoms with Gasteiger partial charge in [-0.3, -0.25) is 14.8 Å². The lowest BCUT2D eigenvalue weighted by Crippen LogP contribution is -2.53. The van der Waals surface area contributed by atoms with Crippen molar-refractivity contribution >= 4 is 62.3 Å². The second-order valence-electron chi connectivity index (χ2n) is 11.3. The number of carboxylic acid groups (broad SMARTS) is 1. The zero-order chi connectivity index (χ0) is 33.2. The number of allylic oxidation sites excluding steroid dienone is 1. The van der Waals surface area contributed by atoms with Gasteiger partial charge in [0.1, 0.15) is 11.9 Å². The van der Waals surface area contributed by atoms with Crippen LogP contribution in [0.1, 0.15) is 36.0 Å². The van der Waals surface area contributed by atoms with E-state index in [9.17, 15) is 18.8 Å². The minimum absolute atomic E-state index is 0.0816. The van der Waals surface area contributed by atoms with E-state index in [1.807, 2.05) is 34.5 Å². The number of carbonyl (C=O) groups is 3. The molecule has 3 aliphatic rings. The Bertz CT molecular complexity index is 1790. The van der Waals surface area contributed by atoms with Gasteiger partial charge in [-0.1, -0.05) is 34.1 Å². The molecule has 3 aromatic rings. The molecule has 1 aromatic heterocycles. The summed E-state index contributed by atoms with van der Waals surface area (Å²) in [6.45, 7) is 6.12. The molecular formula is C33H32BrFN6O5S. The summed E-state index contributed by atoms with van der Waals surface area (Å²) >= 11 is 4.88. The first kappa shape index (κ1) is 32.5.